The summed E-state index contributed by atoms with van der Waals surface area (Å²) >= 11 is 0. The molecule has 0 saturated carbocycles. The molecular formula is C17H19F4N3O2. The van der Waals surface area contributed by atoms with Gasteiger partial charge < -0.3 is 10.2 Å². The van der Waals surface area contributed by atoms with Crippen molar-refractivity contribution >= 4 is 17.5 Å². The highest BCUT2D eigenvalue weighted by atomic mass is 19.4. The van der Waals surface area contributed by atoms with Gasteiger partial charge in [0.1, 0.15) is 5.82 Å². The average Bonchev–Trinajstić information content (AvgIpc) is 2.77. The molecule has 142 valence electrons. The van der Waals surface area contributed by atoms with Gasteiger partial charge in [-0.2, -0.15) is 13.2 Å². The first-order chi connectivity index (χ1) is 12.2. The zero-order valence-corrected chi connectivity index (χ0v) is 14.0. The first-order valence-corrected chi connectivity index (χ1v) is 8.40. The summed E-state index contributed by atoms with van der Waals surface area (Å²) in [6.45, 7) is -0.106. The van der Waals surface area contributed by atoms with E-state index in [9.17, 15) is 27.2 Å². The van der Waals surface area contributed by atoms with Gasteiger partial charge in [-0.3, -0.25) is 14.5 Å². The maximum atomic E-state index is 13.4. The van der Waals surface area contributed by atoms with Crippen LogP contribution in [0.5, 0.6) is 0 Å². The topological polar surface area (TPSA) is 52.7 Å². The van der Waals surface area contributed by atoms with E-state index in [1.165, 1.54) is 28.0 Å². The SMILES string of the molecule is O=C1CC(C(=O)N2CCCN(CC(F)(F)F)CC2)c2ccc(F)cc2N1. The van der Waals surface area contributed by atoms with Gasteiger partial charge in [-0.25, -0.2) is 4.39 Å². The van der Waals surface area contributed by atoms with Gasteiger partial charge in [0, 0.05) is 38.3 Å². The van der Waals surface area contributed by atoms with Crippen LogP contribution in [0.25, 0.3) is 0 Å². The lowest BCUT2D eigenvalue weighted by Crippen LogP contribution is -2.41. The monoisotopic (exact) mass is 373 g/mol. The van der Waals surface area contributed by atoms with E-state index < -0.39 is 24.5 Å². The van der Waals surface area contributed by atoms with E-state index in [1.54, 1.807) is 0 Å². The van der Waals surface area contributed by atoms with Crippen molar-refractivity contribution in [2.75, 3.05) is 38.0 Å². The molecule has 1 unspecified atom stereocenters. The Hall–Kier alpha value is -2.16. The van der Waals surface area contributed by atoms with E-state index in [2.05, 4.69) is 5.32 Å². The highest BCUT2D eigenvalue weighted by Crippen LogP contribution is 2.34. The molecule has 1 fully saturated rings. The van der Waals surface area contributed by atoms with Gasteiger partial charge in [0.05, 0.1) is 12.5 Å². The molecule has 1 aromatic rings. The molecule has 5 nitrogen and oxygen atoms in total. The van der Waals surface area contributed by atoms with Crippen LogP contribution in [0.1, 0.15) is 24.3 Å². The van der Waals surface area contributed by atoms with Crippen LogP contribution in [0.2, 0.25) is 0 Å². The number of hydrogen-bond acceptors (Lipinski definition) is 3. The van der Waals surface area contributed by atoms with Crippen LogP contribution in [0.15, 0.2) is 18.2 Å². The predicted molar refractivity (Wildman–Crippen MR) is 86.1 cm³/mol. The van der Waals surface area contributed by atoms with Crippen LogP contribution >= 0.6 is 0 Å². The number of rotatable bonds is 2. The molecule has 2 amide bonds. The van der Waals surface area contributed by atoms with E-state index in [1.807, 2.05) is 0 Å². The van der Waals surface area contributed by atoms with E-state index in [4.69, 9.17) is 0 Å². The number of nitrogens with zero attached hydrogens (tertiary/aromatic N) is 2. The number of alkyl halides is 3. The maximum absolute atomic E-state index is 13.4. The molecule has 0 aliphatic carbocycles. The number of carbonyl (C=O) groups excluding carboxylic acids is 2. The van der Waals surface area contributed by atoms with Crippen molar-refractivity contribution in [3.05, 3.63) is 29.6 Å². The first-order valence-electron chi connectivity index (χ1n) is 8.40. The fourth-order valence-corrected chi connectivity index (χ4v) is 3.48. The summed E-state index contributed by atoms with van der Waals surface area (Å²) in [5, 5.41) is 2.55. The molecule has 0 spiro atoms. The second-order valence-electron chi connectivity index (χ2n) is 6.61. The van der Waals surface area contributed by atoms with Crippen LogP contribution < -0.4 is 5.32 Å². The van der Waals surface area contributed by atoms with Gasteiger partial charge in [-0.05, 0) is 24.1 Å². The summed E-state index contributed by atoms with van der Waals surface area (Å²) in [5.41, 5.74) is 0.806. The largest absolute Gasteiger partial charge is 0.401 e. The molecule has 2 heterocycles. The lowest BCUT2D eigenvalue weighted by Gasteiger charge is -2.30. The maximum Gasteiger partial charge on any atom is 0.401 e. The zero-order valence-electron chi connectivity index (χ0n) is 14.0. The Morgan fingerprint density at radius 3 is 2.69 bits per heavy atom. The summed E-state index contributed by atoms with van der Waals surface area (Å²) in [6, 6.07) is 3.87. The van der Waals surface area contributed by atoms with Crippen molar-refractivity contribution in [3.63, 3.8) is 0 Å². The number of halogens is 4. The lowest BCUT2D eigenvalue weighted by atomic mass is 9.89. The summed E-state index contributed by atoms with van der Waals surface area (Å²) < 4.78 is 51.1. The van der Waals surface area contributed by atoms with E-state index in [0.29, 0.717) is 18.5 Å². The van der Waals surface area contributed by atoms with Crippen LogP contribution in [0.4, 0.5) is 23.2 Å². The summed E-state index contributed by atoms with van der Waals surface area (Å²) in [6.07, 6.45) is -3.90. The number of anilines is 1. The molecule has 1 aromatic carbocycles. The second-order valence-corrected chi connectivity index (χ2v) is 6.61. The Balaban J connectivity index is 1.73. The van der Waals surface area contributed by atoms with Crippen molar-refractivity contribution in [2.45, 2.75) is 24.9 Å². The quantitative estimate of drug-likeness (QED) is 0.810. The van der Waals surface area contributed by atoms with Gasteiger partial charge in [0.25, 0.3) is 0 Å². The fraction of sp³-hybridized carbons (Fsp3) is 0.529. The molecule has 0 radical (unpaired) electrons. The number of amides is 2. The Labute approximate surface area is 147 Å². The van der Waals surface area contributed by atoms with Gasteiger partial charge in [-0.15, -0.1) is 0 Å². The third kappa shape index (κ3) is 4.32. The van der Waals surface area contributed by atoms with Crippen LogP contribution in [-0.4, -0.2) is 60.5 Å². The number of nitrogens with one attached hydrogen (secondary N) is 1. The summed E-state index contributed by atoms with van der Waals surface area (Å²) in [7, 11) is 0. The fourth-order valence-electron chi connectivity index (χ4n) is 3.48. The first kappa shape index (κ1) is 18.6. The number of fused-ring (bicyclic) bond motifs is 1. The van der Waals surface area contributed by atoms with Gasteiger partial charge in [0.15, 0.2) is 0 Å². The number of hydrogen-bond donors (Lipinski definition) is 1. The third-order valence-electron chi connectivity index (χ3n) is 4.66. The Bertz CT molecular complexity index is 708. The molecule has 0 bridgehead atoms. The van der Waals surface area contributed by atoms with Crippen LogP contribution in [0.3, 0.4) is 0 Å². The van der Waals surface area contributed by atoms with E-state index in [0.717, 1.165) is 0 Å². The smallest absolute Gasteiger partial charge is 0.341 e. The van der Waals surface area contributed by atoms with Gasteiger partial charge in [0.2, 0.25) is 11.8 Å². The molecule has 26 heavy (non-hydrogen) atoms. The molecule has 2 aliphatic heterocycles. The summed E-state index contributed by atoms with van der Waals surface area (Å²) in [5.74, 6) is -1.94. The Morgan fingerprint density at radius 1 is 1.19 bits per heavy atom. The van der Waals surface area contributed by atoms with Crippen molar-refractivity contribution in [3.8, 4) is 0 Å². The zero-order chi connectivity index (χ0) is 18.9. The number of benzene rings is 1. The highest BCUT2D eigenvalue weighted by Gasteiger charge is 2.36. The Morgan fingerprint density at radius 2 is 1.96 bits per heavy atom. The molecule has 9 heteroatoms. The van der Waals surface area contributed by atoms with Crippen molar-refractivity contribution in [1.82, 2.24) is 9.80 Å². The highest BCUT2D eigenvalue weighted by molar-refractivity contribution is 6.01. The van der Waals surface area contributed by atoms with Crippen molar-refractivity contribution in [2.24, 2.45) is 0 Å². The minimum absolute atomic E-state index is 0.0553. The predicted octanol–water partition coefficient (Wildman–Crippen LogP) is 2.35. The minimum atomic E-state index is -4.27. The summed E-state index contributed by atoms with van der Waals surface area (Å²) in [4.78, 5) is 27.6. The lowest BCUT2D eigenvalue weighted by molar-refractivity contribution is -0.145. The molecule has 2 aliphatic rings. The van der Waals surface area contributed by atoms with Crippen molar-refractivity contribution < 1.29 is 27.2 Å². The van der Waals surface area contributed by atoms with Gasteiger partial charge in [-0.1, -0.05) is 6.07 Å². The second kappa shape index (κ2) is 7.22. The molecule has 1 N–H and O–H groups in total. The molecule has 1 atom stereocenters. The normalized spacial score (nSPS) is 21.8. The van der Waals surface area contributed by atoms with Crippen molar-refractivity contribution in [1.29, 1.82) is 0 Å². The van der Waals surface area contributed by atoms with Crippen LogP contribution in [0, 0.1) is 5.82 Å². The third-order valence-corrected chi connectivity index (χ3v) is 4.66. The minimum Gasteiger partial charge on any atom is -0.341 e. The molecule has 0 aromatic heterocycles. The van der Waals surface area contributed by atoms with E-state index >= 15 is 0 Å². The standard InChI is InChI=1S/C17H19F4N3O2/c18-11-2-3-12-13(9-15(25)22-14(12)8-11)16(26)24-5-1-4-23(6-7-24)10-17(19,20)21/h2-3,8,13H,1,4-7,9-10H2,(H,22,25). The molecule has 1 saturated heterocycles. The van der Waals surface area contributed by atoms with E-state index in [-0.39, 0.29) is 43.6 Å². The Kier molecular flexibility index (Phi) is 5.17. The molecular weight excluding hydrogens is 354 g/mol. The average molecular weight is 373 g/mol. The molecule has 3 rings (SSSR count). The number of carbonyl (C=O) groups is 2. The van der Waals surface area contributed by atoms with Gasteiger partial charge >= 0.3 is 6.18 Å². The van der Waals surface area contributed by atoms with Crippen LogP contribution in [-0.2, 0) is 9.59 Å².